The number of hydrogen-bond donors (Lipinski definition) is 0. The molecule has 4 nitrogen and oxygen atoms in total. The van der Waals surface area contributed by atoms with Crippen LogP contribution in [0.25, 0.3) is 10.9 Å². The summed E-state index contributed by atoms with van der Waals surface area (Å²) in [5, 5.41) is 1.03. The summed E-state index contributed by atoms with van der Waals surface area (Å²) >= 11 is 0. The van der Waals surface area contributed by atoms with E-state index >= 15 is 0 Å². The lowest BCUT2D eigenvalue weighted by atomic mass is 9.72. The zero-order valence-electron chi connectivity index (χ0n) is 17.8. The summed E-state index contributed by atoms with van der Waals surface area (Å²) in [6.45, 7) is 11.0. The van der Waals surface area contributed by atoms with Crippen LogP contribution in [-0.2, 0) is 9.53 Å². The van der Waals surface area contributed by atoms with Gasteiger partial charge < -0.3 is 9.47 Å². The molecule has 4 heteroatoms. The number of carbonyl (C=O) groups is 1. The van der Waals surface area contributed by atoms with E-state index in [1.807, 2.05) is 38.1 Å². The fourth-order valence-electron chi connectivity index (χ4n) is 4.06. The maximum Gasteiger partial charge on any atom is 0.314 e. The summed E-state index contributed by atoms with van der Waals surface area (Å²) in [5.41, 5.74) is 2.00. The molecule has 1 aromatic carbocycles. The van der Waals surface area contributed by atoms with Crippen molar-refractivity contribution in [2.24, 2.45) is 11.3 Å². The first-order valence-corrected chi connectivity index (χ1v) is 10.5. The quantitative estimate of drug-likeness (QED) is 0.605. The Labute approximate surface area is 168 Å². The predicted octanol–water partition coefficient (Wildman–Crippen LogP) is 5.89. The van der Waals surface area contributed by atoms with Crippen molar-refractivity contribution in [2.45, 2.75) is 72.3 Å². The van der Waals surface area contributed by atoms with E-state index < -0.39 is 0 Å². The highest BCUT2D eigenvalue weighted by Crippen LogP contribution is 2.39. The van der Waals surface area contributed by atoms with Crippen molar-refractivity contribution in [1.29, 1.82) is 0 Å². The molecule has 1 unspecified atom stereocenters. The summed E-state index contributed by atoms with van der Waals surface area (Å²) in [4.78, 5) is 16.6. The van der Waals surface area contributed by atoms with Crippen molar-refractivity contribution in [1.82, 2.24) is 4.98 Å². The van der Waals surface area contributed by atoms with Crippen molar-refractivity contribution >= 4 is 16.9 Å². The van der Waals surface area contributed by atoms with Crippen LogP contribution in [-0.4, -0.2) is 23.7 Å². The fourth-order valence-corrected chi connectivity index (χ4v) is 4.06. The van der Waals surface area contributed by atoms with Gasteiger partial charge in [-0.2, -0.15) is 0 Å². The largest absolute Gasteiger partial charge is 0.490 e. The van der Waals surface area contributed by atoms with Gasteiger partial charge in [-0.1, -0.05) is 26.8 Å². The molecule has 1 saturated carbocycles. The lowest BCUT2D eigenvalue weighted by Crippen LogP contribution is -2.30. The number of benzene rings is 1. The van der Waals surface area contributed by atoms with Gasteiger partial charge in [0.2, 0.25) is 0 Å². The SMILES string of the molecule is CCOC(=O)C(C)c1ccc2cc(OC3CCC(C(C)(C)C)CC3)ccc2n1. The van der Waals surface area contributed by atoms with E-state index in [1.54, 1.807) is 0 Å². The Morgan fingerprint density at radius 2 is 1.86 bits per heavy atom. The van der Waals surface area contributed by atoms with Crippen molar-refractivity contribution in [3.63, 3.8) is 0 Å². The van der Waals surface area contributed by atoms with Gasteiger partial charge in [0, 0.05) is 5.39 Å². The molecule has 1 fully saturated rings. The molecule has 0 radical (unpaired) electrons. The highest BCUT2D eigenvalue weighted by Gasteiger charge is 2.30. The Bertz CT molecular complexity index is 816. The number of hydrogen-bond acceptors (Lipinski definition) is 4. The van der Waals surface area contributed by atoms with Crippen LogP contribution in [0.15, 0.2) is 30.3 Å². The number of ether oxygens (including phenoxy) is 2. The van der Waals surface area contributed by atoms with E-state index in [0.29, 0.717) is 18.1 Å². The van der Waals surface area contributed by atoms with Gasteiger partial charge in [0.15, 0.2) is 0 Å². The standard InChI is InChI=1S/C24H33NO3/c1-6-27-23(26)16(2)21-13-7-17-15-20(12-14-22(17)25-21)28-19-10-8-18(9-11-19)24(3,4)5/h7,12-16,18-19H,6,8-11H2,1-5H3. The molecule has 1 atom stereocenters. The molecule has 0 bridgehead atoms. The van der Waals surface area contributed by atoms with Gasteiger partial charge in [0.25, 0.3) is 0 Å². The van der Waals surface area contributed by atoms with Gasteiger partial charge >= 0.3 is 5.97 Å². The minimum atomic E-state index is -0.363. The third-order valence-corrected chi connectivity index (χ3v) is 5.97. The van der Waals surface area contributed by atoms with Crippen molar-refractivity contribution in [3.8, 4) is 5.75 Å². The van der Waals surface area contributed by atoms with Crippen LogP contribution in [0.2, 0.25) is 0 Å². The average Bonchev–Trinajstić information content (AvgIpc) is 2.67. The molecular formula is C24H33NO3. The molecule has 0 aliphatic heterocycles. The lowest BCUT2D eigenvalue weighted by Gasteiger charge is -2.36. The highest BCUT2D eigenvalue weighted by molar-refractivity contribution is 5.82. The first kappa shape index (κ1) is 20.6. The molecule has 1 heterocycles. The zero-order chi connectivity index (χ0) is 20.3. The summed E-state index contributed by atoms with van der Waals surface area (Å²) in [6.07, 6.45) is 5.01. The summed E-state index contributed by atoms with van der Waals surface area (Å²) in [6, 6.07) is 9.94. The van der Waals surface area contributed by atoms with Crippen LogP contribution < -0.4 is 4.74 Å². The van der Waals surface area contributed by atoms with E-state index in [2.05, 4.69) is 31.8 Å². The second-order valence-corrected chi connectivity index (χ2v) is 9.02. The van der Waals surface area contributed by atoms with Crippen molar-refractivity contribution < 1.29 is 14.3 Å². The Kier molecular flexibility index (Phi) is 6.26. The molecule has 152 valence electrons. The number of rotatable bonds is 5. The molecule has 1 aromatic heterocycles. The topological polar surface area (TPSA) is 48.4 Å². The minimum Gasteiger partial charge on any atom is -0.490 e. The molecule has 0 spiro atoms. The van der Waals surface area contributed by atoms with E-state index in [0.717, 1.165) is 41.1 Å². The van der Waals surface area contributed by atoms with Crippen molar-refractivity contribution in [3.05, 3.63) is 36.0 Å². The summed E-state index contributed by atoms with van der Waals surface area (Å²) in [5.74, 6) is 1.09. The maximum absolute atomic E-state index is 12.0. The zero-order valence-corrected chi connectivity index (χ0v) is 17.8. The van der Waals surface area contributed by atoms with Crippen LogP contribution in [0.4, 0.5) is 0 Å². The molecule has 1 aliphatic rings. The number of pyridine rings is 1. The Balaban J connectivity index is 1.67. The second kappa shape index (κ2) is 8.50. The third-order valence-electron chi connectivity index (χ3n) is 5.97. The van der Waals surface area contributed by atoms with Crippen LogP contribution >= 0.6 is 0 Å². The number of nitrogens with zero attached hydrogens (tertiary/aromatic N) is 1. The minimum absolute atomic E-state index is 0.236. The molecular weight excluding hydrogens is 350 g/mol. The van der Waals surface area contributed by atoms with Gasteiger partial charge in [-0.05, 0) is 75.1 Å². The normalized spacial score (nSPS) is 21.3. The Morgan fingerprint density at radius 1 is 1.14 bits per heavy atom. The van der Waals surface area contributed by atoms with E-state index in [4.69, 9.17) is 9.47 Å². The Morgan fingerprint density at radius 3 is 2.50 bits per heavy atom. The summed E-state index contributed by atoms with van der Waals surface area (Å²) in [7, 11) is 0. The first-order chi connectivity index (χ1) is 13.3. The Hall–Kier alpha value is -2.10. The van der Waals surface area contributed by atoms with Crippen LogP contribution in [0.1, 0.15) is 71.9 Å². The van der Waals surface area contributed by atoms with Crippen LogP contribution in [0.5, 0.6) is 5.75 Å². The average molecular weight is 384 g/mol. The van der Waals surface area contributed by atoms with Crippen LogP contribution in [0.3, 0.4) is 0 Å². The monoisotopic (exact) mass is 383 g/mol. The maximum atomic E-state index is 12.0. The molecule has 3 rings (SSSR count). The third kappa shape index (κ3) is 4.84. The molecule has 28 heavy (non-hydrogen) atoms. The van der Waals surface area contributed by atoms with Gasteiger partial charge in [-0.15, -0.1) is 0 Å². The van der Waals surface area contributed by atoms with Gasteiger partial charge in [0.1, 0.15) is 5.75 Å². The first-order valence-electron chi connectivity index (χ1n) is 10.5. The summed E-state index contributed by atoms with van der Waals surface area (Å²) < 4.78 is 11.4. The van der Waals surface area contributed by atoms with E-state index in [-0.39, 0.29) is 11.9 Å². The number of fused-ring (bicyclic) bond motifs is 1. The van der Waals surface area contributed by atoms with Gasteiger partial charge in [-0.25, -0.2) is 0 Å². The molecule has 0 amide bonds. The van der Waals surface area contributed by atoms with Gasteiger partial charge in [-0.3, -0.25) is 9.78 Å². The smallest absolute Gasteiger partial charge is 0.314 e. The fraction of sp³-hybridized carbons (Fsp3) is 0.583. The van der Waals surface area contributed by atoms with Gasteiger partial charge in [0.05, 0.1) is 29.8 Å². The second-order valence-electron chi connectivity index (χ2n) is 9.02. The van der Waals surface area contributed by atoms with Crippen molar-refractivity contribution in [2.75, 3.05) is 6.61 Å². The predicted molar refractivity (Wildman–Crippen MR) is 113 cm³/mol. The van der Waals surface area contributed by atoms with Crippen LogP contribution in [0, 0.1) is 11.3 Å². The molecule has 1 aliphatic carbocycles. The number of aromatic nitrogens is 1. The van der Waals surface area contributed by atoms with E-state index in [9.17, 15) is 4.79 Å². The van der Waals surface area contributed by atoms with E-state index in [1.165, 1.54) is 12.8 Å². The number of esters is 1. The lowest BCUT2D eigenvalue weighted by molar-refractivity contribution is -0.144. The highest BCUT2D eigenvalue weighted by atomic mass is 16.5. The molecule has 0 N–H and O–H groups in total. The number of carbonyl (C=O) groups excluding carboxylic acids is 1. The molecule has 2 aromatic rings. The molecule has 0 saturated heterocycles.